The zero-order valence-electron chi connectivity index (χ0n) is 12.2. The molecule has 0 saturated heterocycles. The number of aromatic hydroxyl groups is 1. The highest BCUT2D eigenvalue weighted by Crippen LogP contribution is 2.37. The van der Waals surface area contributed by atoms with Gasteiger partial charge >= 0.3 is 0 Å². The molecule has 1 N–H and O–H groups in total. The lowest BCUT2D eigenvalue weighted by Crippen LogP contribution is -1.91. The Kier molecular flexibility index (Phi) is 3.20. The molecule has 0 fully saturated rings. The summed E-state index contributed by atoms with van der Waals surface area (Å²) in [6, 6.07) is 19.4. The minimum Gasteiger partial charge on any atom is -0.507 e. The van der Waals surface area contributed by atoms with E-state index in [0.717, 1.165) is 27.5 Å². The van der Waals surface area contributed by atoms with Gasteiger partial charge in [-0.25, -0.2) is 15.0 Å². The van der Waals surface area contributed by atoms with Gasteiger partial charge in [-0.1, -0.05) is 48.5 Å². The highest BCUT2D eigenvalue weighted by Gasteiger charge is 2.12. The summed E-state index contributed by atoms with van der Waals surface area (Å²) in [7, 11) is 0. The molecule has 0 atom stereocenters. The van der Waals surface area contributed by atoms with E-state index in [-0.39, 0.29) is 5.75 Å². The van der Waals surface area contributed by atoms with Crippen LogP contribution in [0.2, 0.25) is 0 Å². The largest absolute Gasteiger partial charge is 0.507 e. The normalized spacial score (nSPS) is 10.8. The number of nitrogens with zero attached hydrogens (tertiary/aromatic N) is 3. The quantitative estimate of drug-likeness (QED) is 0.606. The molecule has 4 rings (SSSR count). The van der Waals surface area contributed by atoms with E-state index in [1.165, 1.54) is 12.7 Å². The molecule has 4 heteroatoms. The summed E-state index contributed by atoms with van der Waals surface area (Å²) in [5.74, 6) is 0.908. The van der Waals surface area contributed by atoms with Crippen molar-refractivity contribution in [1.82, 2.24) is 15.0 Å². The Labute approximate surface area is 133 Å². The van der Waals surface area contributed by atoms with Crippen molar-refractivity contribution in [3.8, 4) is 28.3 Å². The molecule has 0 bridgehead atoms. The lowest BCUT2D eigenvalue weighted by molar-refractivity contribution is 0.477. The smallest absolute Gasteiger partial charge is 0.163 e. The summed E-state index contributed by atoms with van der Waals surface area (Å²) in [5, 5.41) is 12.3. The molecule has 1 heterocycles. The van der Waals surface area contributed by atoms with Crippen LogP contribution in [0.3, 0.4) is 0 Å². The third-order valence-electron chi connectivity index (χ3n) is 3.85. The summed E-state index contributed by atoms with van der Waals surface area (Å²) in [4.78, 5) is 12.4. The Morgan fingerprint density at radius 2 is 1.22 bits per heavy atom. The van der Waals surface area contributed by atoms with Gasteiger partial charge in [0.25, 0.3) is 0 Å². The minimum atomic E-state index is 0.269. The molecule has 23 heavy (non-hydrogen) atoms. The molecule has 0 amide bonds. The summed E-state index contributed by atoms with van der Waals surface area (Å²) >= 11 is 0. The number of aromatic nitrogens is 3. The lowest BCUT2D eigenvalue weighted by Gasteiger charge is -2.11. The number of phenols is 1. The SMILES string of the molecule is Oc1ccccc1-c1ccc(-c2ncncn2)c2ccccc12. The maximum Gasteiger partial charge on any atom is 0.163 e. The molecule has 4 aromatic rings. The summed E-state index contributed by atoms with van der Waals surface area (Å²) in [6.45, 7) is 0. The number of phenolic OH excluding ortho intramolecular Hbond substituents is 1. The number of benzene rings is 3. The number of hydrogen-bond acceptors (Lipinski definition) is 4. The number of hydrogen-bond donors (Lipinski definition) is 1. The van der Waals surface area contributed by atoms with E-state index in [1.54, 1.807) is 6.07 Å². The van der Waals surface area contributed by atoms with Crippen molar-refractivity contribution in [2.75, 3.05) is 0 Å². The molecule has 110 valence electrons. The summed E-state index contributed by atoms with van der Waals surface area (Å²) < 4.78 is 0. The van der Waals surface area contributed by atoms with E-state index < -0.39 is 0 Å². The summed E-state index contributed by atoms with van der Waals surface area (Å²) in [5.41, 5.74) is 2.74. The molecular formula is C19H13N3O. The van der Waals surface area contributed by atoms with E-state index in [9.17, 15) is 5.11 Å². The lowest BCUT2D eigenvalue weighted by atomic mass is 9.94. The number of fused-ring (bicyclic) bond motifs is 1. The second-order valence-corrected chi connectivity index (χ2v) is 5.19. The number of rotatable bonds is 2. The molecule has 3 aromatic carbocycles. The minimum absolute atomic E-state index is 0.269. The van der Waals surface area contributed by atoms with Gasteiger partial charge in [-0.2, -0.15) is 0 Å². The van der Waals surface area contributed by atoms with Crippen LogP contribution in [0.4, 0.5) is 0 Å². The van der Waals surface area contributed by atoms with Gasteiger partial charge in [0, 0.05) is 11.1 Å². The zero-order valence-corrected chi connectivity index (χ0v) is 12.2. The van der Waals surface area contributed by atoms with Crippen LogP contribution in [0.15, 0.2) is 73.3 Å². The van der Waals surface area contributed by atoms with Gasteiger partial charge in [0.1, 0.15) is 18.4 Å². The fourth-order valence-electron chi connectivity index (χ4n) is 2.81. The van der Waals surface area contributed by atoms with Crippen molar-refractivity contribution < 1.29 is 5.11 Å². The monoisotopic (exact) mass is 299 g/mol. The van der Waals surface area contributed by atoms with Crippen molar-refractivity contribution in [3.63, 3.8) is 0 Å². The first-order valence-corrected chi connectivity index (χ1v) is 7.27. The Balaban J connectivity index is 2.02. The molecule has 1 aromatic heterocycles. The first-order valence-electron chi connectivity index (χ1n) is 7.27. The fraction of sp³-hybridized carbons (Fsp3) is 0. The van der Waals surface area contributed by atoms with Gasteiger partial charge in [-0.15, -0.1) is 0 Å². The fourth-order valence-corrected chi connectivity index (χ4v) is 2.81. The Morgan fingerprint density at radius 3 is 1.96 bits per heavy atom. The van der Waals surface area contributed by atoms with Crippen molar-refractivity contribution in [2.24, 2.45) is 0 Å². The van der Waals surface area contributed by atoms with E-state index >= 15 is 0 Å². The van der Waals surface area contributed by atoms with Crippen LogP contribution < -0.4 is 0 Å². The zero-order chi connectivity index (χ0) is 15.6. The summed E-state index contributed by atoms with van der Waals surface area (Å²) in [6.07, 6.45) is 2.99. The van der Waals surface area contributed by atoms with Crippen molar-refractivity contribution in [2.45, 2.75) is 0 Å². The van der Waals surface area contributed by atoms with E-state index in [4.69, 9.17) is 0 Å². The van der Waals surface area contributed by atoms with E-state index in [1.807, 2.05) is 54.6 Å². The maximum atomic E-state index is 10.2. The molecule has 0 radical (unpaired) electrons. The van der Waals surface area contributed by atoms with Gasteiger partial charge in [0.2, 0.25) is 0 Å². The molecular weight excluding hydrogens is 286 g/mol. The molecule has 0 unspecified atom stereocenters. The van der Waals surface area contributed by atoms with Crippen molar-refractivity contribution >= 4 is 10.8 Å². The standard InChI is InChI=1S/C19H13N3O/c23-18-8-4-3-7-16(18)15-9-10-17(19-21-11-20-12-22-19)14-6-2-1-5-13(14)15/h1-12,23H. The topological polar surface area (TPSA) is 58.9 Å². The van der Waals surface area contributed by atoms with Crippen LogP contribution in [0.5, 0.6) is 5.75 Å². The average Bonchev–Trinajstić information content (AvgIpc) is 2.62. The highest BCUT2D eigenvalue weighted by molar-refractivity contribution is 6.04. The Bertz CT molecular complexity index is 984. The predicted octanol–water partition coefficient (Wildman–Crippen LogP) is 4.06. The van der Waals surface area contributed by atoms with Crippen LogP contribution in [0.1, 0.15) is 0 Å². The molecule has 0 aliphatic carbocycles. The van der Waals surface area contributed by atoms with Gasteiger partial charge < -0.3 is 5.11 Å². The van der Waals surface area contributed by atoms with E-state index in [2.05, 4.69) is 15.0 Å². The Morgan fingerprint density at radius 1 is 0.609 bits per heavy atom. The molecule has 0 aliphatic rings. The van der Waals surface area contributed by atoms with Crippen molar-refractivity contribution in [1.29, 1.82) is 0 Å². The third kappa shape index (κ3) is 2.30. The van der Waals surface area contributed by atoms with E-state index in [0.29, 0.717) is 5.82 Å². The average molecular weight is 299 g/mol. The Hall–Kier alpha value is -3.27. The highest BCUT2D eigenvalue weighted by atomic mass is 16.3. The predicted molar refractivity (Wildman–Crippen MR) is 89.9 cm³/mol. The molecule has 4 nitrogen and oxygen atoms in total. The second kappa shape index (κ2) is 5.50. The molecule has 0 spiro atoms. The van der Waals surface area contributed by atoms with Crippen LogP contribution in [0, 0.1) is 0 Å². The van der Waals surface area contributed by atoms with Crippen LogP contribution in [-0.2, 0) is 0 Å². The van der Waals surface area contributed by atoms with Gasteiger partial charge in [0.15, 0.2) is 5.82 Å². The molecule has 0 aliphatic heterocycles. The van der Waals surface area contributed by atoms with Gasteiger partial charge in [-0.05, 0) is 28.5 Å². The van der Waals surface area contributed by atoms with Crippen LogP contribution in [-0.4, -0.2) is 20.1 Å². The number of para-hydroxylation sites is 1. The maximum absolute atomic E-state index is 10.2. The van der Waals surface area contributed by atoms with Crippen LogP contribution >= 0.6 is 0 Å². The second-order valence-electron chi connectivity index (χ2n) is 5.19. The third-order valence-corrected chi connectivity index (χ3v) is 3.85. The van der Waals surface area contributed by atoms with Crippen LogP contribution in [0.25, 0.3) is 33.3 Å². The molecule has 0 saturated carbocycles. The first kappa shape index (κ1) is 13.4. The van der Waals surface area contributed by atoms with Gasteiger partial charge in [-0.3, -0.25) is 0 Å². The first-order chi connectivity index (χ1) is 11.3. The van der Waals surface area contributed by atoms with Gasteiger partial charge in [0.05, 0.1) is 0 Å². The van der Waals surface area contributed by atoms with Crippen molar-refractivity contribution in [3.05, 3.63) is 73.3 Å².